The van der Waals surface area contributed by atoms with Gasteiger partial charge in [0.1, 0.15) is 0 Å². The molecule has 2 aliphatic rings. The minimum atomic E-state index is -0.673. The summed E-state index contributed by atoms with van der Waals surface area (Å²) < 4.78 is 0. The lowest BCUT2D eigenvalue weighted by Crippen LogP contribution is -2.50. The second kappa shape index (κ2) is 5.59. The van der Waals surface area contributed by atoms with Gasteiger partial charge in [-0.25, -0.2) is 0 Å². The van der Waals surface area contributed by atoms with E-state index in [9.17, 15) is 9.90 Å². The molecule has 1 heterocycles. The Kier molecular flexibility index (Phi) is 4.33. The van der Waals surface area contributed by atoms with E-state index >= 15 is 0 Å². The Morgan fingerprint density at radius 3 is 2.82 bits per heavy atom. The van der Waals surface area contributed by atoms with Crippen molar-refractivity contribution in [3.63, 3.8) is 0 Å². The van der Waals surface area contributed by atoms with Crippen LogP contribution in [0.3, 0.4) is 0 Å². The Bertz CT molecular complexity index is 272. The summed E-state index contributed by atoms with van der Waals surface area (Å²) in [6, 6.07) is -0.0777. The van der Waals surface area contributed by atoms with Gasteiger partial charge in [0.05, 0.1) is 11.6 Å². The molecule has 0 aromatic carbocycles. The standard InChI is InChI=1S/C12H22N2O2S/c1-9-2-4-12(16,5-3-9)7-13-11(15)10-6-17-8-14-10/h9-10,14,16H,2-8H2,1H3,(H,13,15). The fourth-order valence-electron chi connectivity index (χ4n) is 2.41. The van der Waals surface area contributed by atoms with Gasteiger partial charge in [-0.2, -0.15) is 0 Å². The Morgan fingerprint density at radius 2 is 2.24 bits per heavy atom. The maximum absolute atomic E-state index is 11.8. The molecule has 1 unspecified atom stereocenters. The second-order valence-corrected chi connectivity index (χ2v) is 6.43. The predicted molar refractivity (Wildman–Crippen MR) is 69.8 cm³/mol. The van der Waals surface area contributed by atoms with Crippen molar-refractivity contribution in [3.05, 3.63) is 0 Å². The van der Waals surface area contributed by atoms with Crippen molar-refractivity contribution >= 4 is 17.7 Å². The summed E-state index contributed by atoms with van der Waals surface area (Å²) in [5.74, 6) is 2.42. The molecule has 0 bridgehead atoms. The van der Waals surface area contributed by atoms with E-state index in [-0.39, 0.29) is 11.9 Å². The van der Waals surface area contributed by atoms with Crippen LogP contribution in [0.5, 0.6) is 0 Å². The summed E-state index contributed by atoms with van der Waals surface area (Å²) in [5.41, 5.74) is -0.673. The van der Waals surface area contributed by atoms with Gasteiger partial charge in [0.15, 0.2) is 0 Å². The van der Waals surface area contributed by atoms with Crippen LogP contribution in [0.2, 0.25) is 0 Å². The molecule has 0 aromatic heterocycles. The molecule has 17 heavy (non-hydrogen) atoms. The zero-order valence-corrected chi connectivity index (χ0v) is 11.2. The van der Waals surface area contributed by atoms with Crippen LogP contribution >= 0.6 is 11.8 Å². The summed E-state index contributed by atoms with van der Waals surface area (Å²) in [4.78, 5) is 11.8. The first-order valence-electron chi connectivity index (χ1n) is 6.40. The number of hydrogen-bond donors (Lipinski definition) is 3. The average Bonchev–Trinajstić information content (AvgIpc) is 2.84. The smallest absolute Gasteiger partial charge is 0.238 e. The lowest BCUT2D eigenvalue weighted by Gasteiger charge is -2.35. The van der Waals surface area contributed by atoms with Crippen LogP contribution in [-0.4, -0.2) is 40.8 Å². The van der Waals surface area contributed by atoms with Gasteiger partial charge in [-0.1, -0.05) is 6.92 Å². The predicted octanol–water partition coefficient (Wildman–Crippen LogP) is 0.706. The van der Waals surface area contributed by atoms with Crippen molar-refractivity contribution in [2.24, 2.45) is 5.92 Å². The number of nitrogens with one attached hydrogen (secondary N) is 2. The molecule has 3 N–H and O–H groups in total. The Balaban J connectivity index is 1.75. The van der Waals surface area contributed by atoms with Crippen LogP contribution in [-0.2, 0) is 4.79 Å². The zero-order valence-electron chi connectivity index (χ0n) is 10.4. The van der Waals surface area contributed by atoms with E-state index in [2.05, 4.69) is 17.6 Å². The Hall–Kier alpha value is -0.260. The normalized spacial score (nSPS) is 38.0. The first-order chi connectivity index (χ1) is 8.09. The molecule has 1 saturated carbocycles. The fraction of sp³-hybridized carbons (Fsp3) is 0.917. The van der Waals surface area contributed by atoms with E-state index in [1.165, 1.54) is 0 Å². The summed E-state index contributed by atoms with van der Waals surface area (Å²) in [6.45, 7) is 2.62. The van der Waals surface area contributed by atoms with Crippen LogP contribution in [0, 0.1) is 5.92 Å². The molecule has 1 aliphatic heterocycles. The van der Waals surface area contributed by atoms with Gasteiger partial charge in [-0.3, -0.25) is 10.1 Å². The number of carbonyl (C=O) groups is 1. The van der Waals surface area contributed by atoms with Crippen LogP contribution < -0.4 is 10.6 Å². The second-order valence-electron chi connectivity index (χ2n) is 5.40. The molecule has 0 aromatic rings. The molecular formula is C12H22N2O2S. The summed E-state index contributed by atoms with van der Waals surface area (Å²) in [6.07, 6.45) is 3.73. The van der Waals surface area contributed by atoms with Crippen LogP contribution in [0.1, 0.15) is 32.6 Å². The molecule has 0 spiro atoms. The van der Waals surface area contributed by atoms with Crippen molar-refractivity contribution in [2.45, 2.75) is 44.2 Å². The number of aliphatic hydroxyl groups is 1. The minimum Gasteiger partial charge on any atom is -0.388 e. The van der Waals surface area contributed by atoms with Gasteiger partial charge in [0.25, 0.3) is 0 Å². The quantitative estimate of drug-likeness (QED) is 0.697. The summed E-state index contributed by atoms with van der Waals surface area (Å²) in [5, 5.41) is 16.4. The molecule has 5 heteroatoms. The highest BCUT2D eigenvalue weighted by Crippen LogP contribution is 2.31. The zero-order chi connectivity index (χ0) is 12.3. The van der Waals surface area contributed by atoms with Gasteiger partial charge in [0, 0.05) is 18.2 Å². The van der Waals surface area contributed by atoms with Crippen molar-refractivity contribution in [1.29, 1.82) is 0 Å². The van der Waals surface area contributed by atoms with Gasteiger partial charge in [-0.05, 0) is 31.6 Å². The van der Waals surface area contributed by atoms with Gasteiger partial charge < -0.3 is 10.4 Å². The molecule has 4 nitrogen and oxygen atoms in total. The van der Waals surface area contributed by atoms with E-state index < -0.39 is 5.60 Å². The number of hydrogen-bond acceptors (Lipinski definition) is 4. The molecule has 1 atom stereocenters. The topological polar surface area (TPSA) is 61.4 Å². The molecule has 0 radical (unpaired) electrons. The summed E-state index contributed by atoms with van der Waals surface area (Å²) in [7, 11) is 0. The van der Waals surface area contributed by atoms with E-state index in [0.717, 1.165) is 37.3 Å². The molecule has 2 fully saturated rings. The highest BCUT2D eigenvalue weighted by Gasteiger charge is 2.33. The summed E-state index contributed by atoms with van der Waals surface area (Å²) >= 11 is 1.74. The van der Waals surface area contributed by atoms with Crippen molar-refractivity contribution in [3.8, 4) is 0 Å². The first-order valence-corrected chi connectivity index (χ1v) is 7.56. The third-order valence-corrected chi connectivity index (χ3v) is 4.77. The largest absolute Gasteiger partial charge is 0.388 e. The van der Waals surface area contributed by atoms with E-state index in [1.54, 1.807) is 11.8 Å². The number of rotatable bonds is 3. The van der Waals surface area contributed by atoms with Gasteiger partial charge in [0.2, 0.25) is 5.91 Å². The fourth-order valence-corrected chi connectivity index (χ4v) is 3.36. The van der Waals surface area contributed by atoms with Crippen molar-refractivity contribution < 1.29 is 9.90 Å². The van der Waals surface area contributed by atoms with Crippen molar-refractivity contribution in [1.82, 2.24) is 10.6 Å². The van der Waals surface area contributed by atoms with Crippen LogP contribution in [0.15, 0.2) is 0 Å². The lowest BCUT2D eigenvalue weighted by atomic mass is 9.79. The number of carbonyl (C=O) groups excluding carboxylic acids is 1. The molecule has 98 valence electrons. The van der Waals surface area contributed by atoms with E-state index in [1.807, 2.05) is 0 Å². The van der Waals surface area contributed by atoms with Crippen molar-refractivity contribution in [2.75, 3.05) is 18.2 Å². The molecule has 2 rings (SSSR count). The van der Waals surface area contributed by atoms with E-state index in [0.29, 0.717) is 12.5 Å². The van der Waals surface area contributed by atoms with Crippen LogP contribution in [0.4, 0.5) is 0 Å². The minimum absolute atomic E-state index is 0.0297. The van der Waals surface area contributed by atoms with Crippen LogP contribution in [0.25, 0.3) is 0 Å². The number of thioether (sulfide) groups is 1. The molecular weight excluding hydrogens is 236 g/mol. The van der Waals surface area contributed by atoms with Gasteiger partial charge >= 0.3 is 0 Å². The van der Waals surface area contributed by atoms with E-state index in [4.69, 9.17) is 0 Å². The highest BCUT2D eigenvalue weighted by atomic mass is 32.2. The molecule has 1 aliphatic carbocycles. The molecule has 1 saturated heterocycles. The SMILES string of the molecule is CC1CCC(O)(CNC(=O)C2CSCN2)CC1. The number of amides is 1. The lowest BCUT2D eigenvalue weighted by molar-refractivity contribution is -0.124. The molecule has 1 amide bonds. The third-order valence-electron chi connectivity index (χ3n) is 3.83. The average molecular weight is 258 g/mol. The Labute approximate surface area is 107 Å². The monoisotopic (exact) mass is 258 g/mol. The highest BCUT2D eigenvalue weighted by molar-refractivity contribution is 7.99. The van der Waals surface area contributed by atoms with Gasteiger partial charge in [-0.15, -0.1) is 11.8 Å². The third kappa shape index (κ3) is 3.60. The maximum Gasteiger partial charge on any atom is 0.238 e. The maximum atomic E-state index is 11.8. The Morgan fingerprint density at radius 1 is 1.53 bits per heavy atom. The first kappa shape index (κ1) is 13.2.